The summed E-state index contributed by atoms with van der Waals surface area (Å²) in [5, 5.41) is 13.4. The van der Waals surface area contributed by atoms with Gasteiger partial charge in [0.2, 0.25) is 0 Å². The van der Waals surface area contributed by atoms with Crippen molar-refractivity contribution in [2.45, 2.75) is 37.8 Å². The molecule has 22 heavy (non-hydrogen) atoms. The van der Waals surface area contributed by atoms with Gasteiger partial charge in [-0.15, -0.1) is 12.4 Å². The van der Waals surface area contributed by atoms with Crippen molar-refractivity contribution in [2.75, 3.05) is 6.61 Å². The summed E-state index contributed by atoms with van der Waals surface area (Å²) in [5.74, 6) is 0.246. The van der Waals surface area contributed by atoms with Crippen molar-refractivity contribution in [3.8, 4) is 5.75 Å². The van der Waals surface area contributed by atoms with E-state index in [0.29, 0.717) is 5.75 Å². The molecule has 0 saturated heterocycles. The predicted molar refractivity (Wildman–Crippen MR) is 84.2 cm³/mol. The van der Waals surface area contributed by atoms with Gasteiger partial charge in [-0.3, -0.25) is 14.9 Å². The Kier molecular flexibility index (Phi) is 7.07. The number of carbonyl (C=O) groups is 1. The molecule has 0 spiro atoms. The van der Waals surface area contributed by atoms with E-state index < -0.39 is 4.92 Å². The Balaban J connectivity index is 0.00000242. The number of hydrogen-bond acceptors (Lipinski definition) is 5. The average Bonchev–Trinajstić information content (AvgIpc) is 2.48. The summed E-state index contributed by atoms with van der Waals surface area (Å²) in [5.41, 5.74) is 5.80. The van der Waals surface area contributed by atoms with E-state index in [0.717, 1.165) is 25.7 Å². The molecular formula is C14H20ClN3O4. The molecule has 0 radical (unpaired) electrons. The largest absolute Gasteiger partial charge is 0.484 e. The summed E-state index contributed by atoms with van der Waals surface area (Å²) in [6, 6.07) is 6.05. The van der Waals surface area contributed by atoms with Gasteiger partial charge in [-0.25, -0.2) is 0 Å². The Labute approximate surface area is 134 Å². The number of carbonyl (C=O) groups excluding carboxylic acids is 1. The van der Waals surface area contributed by atoms with Crippen LogP contribution in [0.1, 0.15) is 25.7 Å². The lowest BCUT2D eigenvalue weighted by Crippen LogP contribution is -2.42. The van der Waals surface area contributed by atoms with Crippen LogP contribution in [0, 0.1) is 10.1 Å². The second kappa shape index (κ2) is 8.55. The first-order valence-corrected chi connectivity index (χ1v) is 6.97. The summed E-state index contributed by atoms with van der Waals surface area (Å²) in [6.45, 7) is -0.0969. The van der Waals surface area contributed by atoms with Gasteiger partial charge in [0.05, 0.1) is 4.92 Å². The standard InChI is InChI=1S/C14H19N3O4.ClH/c15-10-1-3-11(4-2-10)16-14(18)9-21-13-7-5-12(6-8-13)17(19)20;/h5-8,10-11H,1-4,9,15H2,(H,16,18);1H. The first-order valence-electron chi connectivity index (χ1n) is 6.97. The molecule has 0 aromatic heterocycles. The minimum Gasteiger partial charge on any atom is -0.484 e. The highest BCUT2D eigenvalue weighted by molar-refractivity contribution is 5.85. The Hall–Kier alpha value is -1.86. The van der Waals surface area contributed by atoms with Crippen molar-refractivity contribution in [1.29, 1.82) is 0 Å². The van der Waals surface area contributed by atoms with Gasteiger partial charge in [0.25, 0.3) is 11.6 Å². The molecule has 122 valence electrons. The van der Waals surface area contributed by atoms with E-state index in [1.807, 2.05) is 0 Å². The maximum absolute atomic E-state index is 11.8. The minimum absolute atomic E-state index is 0. The van der Waals surface area contributed by atoms with E-state index >= 15 is 0 Å². The lowest BCUT2D eigenvalue weighted by Gasteiger charge is -2.26. The molecule has 1 aliphatic rings. The second-order valence-electron chi connectivity index (χ2n) is 5.22. The second-order valence-corrected chi connectivity index (χ2v) is 5.22. The van der Waals surface area contributed by atoms with Crippen molar-refractivity contribution in [3.63, 3.8) is 0 Å². The van der Waals surface area contributed by atoms with Gasteiger partial charge in [-0.1, -0.05) is 0 Å². The van der Waals surface area contributed by atoms with Crippen LogP contribution in [0.25, 0.3) is 0 Å². The van der Waals surface area contributed by atoms with Crippen molar-refractivity contribution in [1.82, 2.24) is 5.32 Å². The number of nitrogens with two attached hydrogens (primary N) is 1. The maximum atomic E-state index is 11.8. The van der Waals surface area contributed by atoms with Crippen molar-refractivity contribution in [3.05, 3.63) is 34.4 Å². The molecule has 1 fully saturated rings. The van der Waals surface area contributed by atoms with Crippen LogP contribution >= 0.6 is 12.4 Å². The summed E-state index contributed by atoms with van der Waals surface area (Å²) < 4.78 is 5.31. The van der Waals surface area contributed by atoms with Gasteiger partial charge >= 0.3 is 0 Å². The normalized spacial score (nSPS) is 20.6. The quantitative estimate of drug-likeness (QED) is 0.632. The van der Waals surface area contributed by atoms with E-state index in [-0.39, 0.29) is 42.7 Å². The Morgan fingerprint density at radius 1 is 1.27 bits per heavy atom. The van der Waals surface area contributed by atoms with Gasteiger partial charge < -0.3 is 15.8 Å². The van der Waals surface area contributed by atoms with Crippen LogP contribution in [0.5, 0.6) is 5.75 Å². The number of nitro groups is 1. The molecule has 0 bridgehead atoms. The number of hydrogen-bond donors (Lipinski definition) is 2. The van der Waals surface area contributed by atoms with Gasteiger partial charge in [0.15, 0.2) is 6.61 Å². The molecule has 0 heterocycles. The third kappa shape index (κ3) is 5.50. The maximum Gasteiger partial charge on any atom is 0.269 e. The van der Waals surface area contributed by atoms with Crippen LogP contribution in [-0.2, 0) is 4.79 Å². The average molecular weight is 330 g/mol. The van der Waals surface area contributed by atoms with Gasteiger partial charge in [-0.05, 0) is 37.8 Å². The zero-order valence-electron chi connectivity index (χ0n) is 12.1. The summed E-state index contributed by atoms with van der Waals surface area (Å²) in [7, 11) is 0. The molecule has 1 aliphatic carbocycles. The van der Waals surface area contributed by atoms with Crippen molar-refractivity contribution >= 4 is 24.0 Å². The topological polar surface area (TPSA) is 107 Å². The lowest BCUT2D eigenvalue weighted by atomic mass is 9.92. The van der Waals surface area contributed by atoms with E-state index in [1.165, 1.54) is 24.3 Å². The van der Waals surface area contributed by atoms with Crippen LogP contribution < -0.4 is 15.8 Å². The first-order chi connectivity index (χ1) is 10.0. The zero-order valence-corrected chi connectivity index (χ0v) is 12.9. The van der Waals surface area contributed by atoms with Crippen LogP contribution in [0.15, 0.2) is 24.3 Å². The SMILES string of the molecule is Cl.NC1CCC(NC(=O)COc2ccc([N+](=O)[O-])cc2)CC1. The monoisotopic (exact) mass is 329 g/mol. The number of ether oxygens (including phenoxy) is 1. The molecule has 0 aliphatic heterocycles. The van der Waals surface area contributed by atoms with Crippen LogP contribution in [-0.4, -0.2) is 29.5 Å². The van der Waals surface area contributed by atoms with E-state index in [4.69, 9.17) is 10.5 Å². The highest BCUT2D eigenvalue weighted by Crippen LogP contribution is 2.18. The third-order valence-corrected chi connectivity index (χ3v) is 3.55. The molecule has 1 saturated carbocycles. The molecule has 0 unspecified atom stereocenters. The third-order valence-electron chi connectivity index (χ3n) is 3.55. The number of nitrogens with one attached hydrogen (secondary N) is 1. The molecule has 7 nitrogen and oxygen atoms in total. The Bertz CT molecular complexity index is 501. The van der Waals surface area contributed by atoms with E-state index in [2.05, 4.69) is 5.32 Å². The molecule has 0 atom stereocenters. The van der Waals surface area contributed by atoms with E-state index in [1.54, 1.807) is 0 Å². The van der Waals surface area contributed by atoms with Crippen LogP contribution in [0.2, 0.25) is 0 Å². The summed E-state index contributed by atoms with van der Waals surface area (Å²) in [6.07, 6.45) is 3.64. The summed E-state index contributed by atoms with van der Waals surface area (Å²) >= 11 is 0. The van der Waals surface area contributed by atoms with E-state index in [9.17, 15) is 14.9 Å². The fourth-order valence-corrected chi connectivity index (χ4v) is 2.35. The molecule has 1 aromatic carbocycles. The number of amides is 1. The Morgan fingerprint density at radius 3 is 2.41 bits per heavy atom. The number of nitro benzene ring substituents is 1. The minimum atomic E-state index is -0.482. The number of benzene rings is 1. The number of rotatable bonds is 5. The zero-order chi connectivity index (χ0) is 15.2. The fourth-order valence-electron chi connectivity index (χ4n) is 2.35. The number of halogens is 1. The predicted octanol–water partition coefficient (Wildman–Crippen LogP) is 1.78. The molecule has 1 aromatic rings. The van der Waals surface area contributed by atoms with Crippen LogP contribution in [0.3, 0.4) is 0 Å². The van der Waals surface area contributed by atoms with Crippen molar-refractivity contribution in [2.24, 2.45) is 5.73 Å². The van der Waals surface area contributed by atoms with Gasteiger partial charge in [0.1, 0.15) is 5.75 Å². The molecule has 3 N–H and O–H groups in total. The first kappa shape index (κ1) is 18.2. The number of non-ortho nitro benzene ring substituents is 1. The highest BCUT2D eigenvalue weighted by atomic mass is 35.5. The molecule has 8 heteroatoms. The molecule has 1 amide bonds. The fraction of sp³-hybridized carbons (Fsp3) is 0.500. The van der Waals surface area contributed by atoms with Gasteiger partial charge in [-0.2, -0.15) is 0 Å². The van der Waals surface area contributed by atoms with Gasteiger partial charge in [0, 0.05) is 24.2 Å². The van der Waals surface area contributed by atoms with Crippen LogP contribution in [0.4, 0.5) is 5.69 Å². The van der Waals surface area contributed by atoms with Crippen molar-refractivity contribution < 1.29 is 14.5 Å². The molecular weight excluding hydrogens is 310 g/mol. The summed E-state index contributed by atoms with van der Waals surface area (Å²) in [4.78, 5) is 21.8. The Morgan fingerprint density at radius 2 is 1.86 bits per heavy atom. The molecule has 2 rings (SSSR count). The smallest absolute Gasteiger partial charge is 0.269 e. The number of nitrogens with zero attached hydrogens (tertiary/aromatic N) is 1. The highest BCUT2D eigenvalue weighted by Gasteiger charge is 2.20. The lowest BCUT2D eigenvalue weighted by molar-refractivity contribution is -0.384.